The number of piperidine rings is 1. The van der Waals surface area contributed by atoms with Crippen LogP contribution in [0.5, 0.6) is 5.75 Å². The van der Waals surface area contributed by atoms with Gasteiger partial charge >= 0.3 is 6.03 Å². The normalized spacial score (nSPS) is 17.2. The van der Waals surface area contributed by atoms with Gasteiger partial charge in [0.05, 0.1) is 12.6 Å². The molecule has 3 rings (SSSR count). The molecule has 7 heteroatoms. The van der Waals surface area contributed by atoms with Crippen LogP contribution in [0, 0.1) is 5.92 Å². The Bertz CT molecular complexity index is 742. The van der Waals surface area contributed by atoms with Gasteiger partial charge in [0.1, 0.15) is 5.75 Å². The van der Waals surface area contributed by atoms with Crippen molar-refractivity contribution in [1.82, 2.24) is 20.4 Å². The highest BCUT2D eigenvalue weighted by Crippen LogP contribution is 2.28. The first kappa shape index (κ1) is 23.4. The molecule has 1 aromatic carbocycles. The third-order valence-corrected chi connectivity index (χ3v) is 6.55. The number of carbonyl (C=O) groups is 2. The lowest BCUT2D eigenvalue weighted by atomic mass is 9.96. The van der Waals surface area contributed by atoms with Crippen LogP contribution in [0.3, 0.4) is 0 Å². The SMILES string of the molecule is CCN(CC)CCCNC(=O)C1CCN(C(=O)N[C@H](C)c2ccc3c(c2)CCO3)CC1. The average Bonchev–Trinajstić information content (AvgIpc) is 3.27. The number of rotatable bonds is 9. The van der Waals surface area contributed by atoms with E-state index in [1.807, 2.05) is 24.0 Å². The summed E-state index contributed by atoms with van der Waals surface area (Å²) in [5.74, 6) is 1.09. The largest absolute Gasteiger partial charge is 0.493 e. The molecule has 1 aromatic rings. The molecule has 0 saturated carbocycles. The number of ether oxygens (including phenoxy) is 1. The molecule has 1 atom stereocenters. The van der Waals surface area contributed by atoms with Gasteiger partial charge in [-0.25, -0.2) is 4.79 Å². The maximum Gasteiger partial charge on any atom is 0.317 e. The van der Waals surface area contributed by atoms with E-state index < -0.39 is 0 Å². The first-order chi connectivity index (χ1) is 15.0. The number of urea groups is 1. The Morgan fingerprint density at radius 2 is 1.97 bits per heavy atom. The van der Waals surface area contributed by atoms with Crippen molar-refractivity contribution in [2.24, 2.45) is 5.92 Å². The molecular weight excluding hydrogens is 392 g/mol. The summed E-state index contributed by atoms with van der Waals surface area (Å²) in [6, 6.07) is 6.02. The van der Waals surface area contributed by atoms with Gasteiger partial charge in [0.25, 0.3) is 0 Å². The minimum absolute atomic E-state index is 0.00615. The number of amides is 3. The van der Waals surface area contributed by atoms with Crippen molar-refractivity contribution in [3.8, 4) is 5.75 Å². The van der Waals surface area contributed by atoms with E-state index in [2.05, 4.69) is 35.4 Å². The average molecular weight is 431 g/mol. The first-order valence-corrected chi connectivity index (χ1v) is 11.8. The molecule has 2 aliphatic rings. The van der Waals surface area contributed by atoms with Gasteiger partial charge in [0.2, 0.25) is 5.91 Å². The molecule has 0 bridgehead atoms. The minimum atomic E-state index is -0.0646. The number of fused-ring (bicyclic) bond motifs is 1. The van der Waals surface area contributed by atoms with E-state index >= 15 is 0 Å². The fraction of sp³-hybridized carbons (Fsp3) is 0.667. The van der Waals surface area contributed by atoms with Gasteiger partial charge in [0, 0.05) is 32.0 Å². The smallest absolute Gasteiger partial charge is 0.317 e. The van der Waals surface area contributed by atoms with Crippen LogP contribution in [0.25, 0.3) is 0 Å². The highest BCUT2D eigenvalue weighted by molar-refractivity contribution is 5.79. The molecule has 0 radical (unpaired) electrons. The third-order valence-electron chi connectivity index (χ3n) is 6.55. The summed E-state index contributed by atoms with van der Waals surface area (Å²) in [4.78, 5) is 29.4. The van der Waals surface area contributed by atoms with Gasteiger partial charge in [0.15, 0.2) is 0 Å². The predicted octanol–water partition coefficient (Wildman–Crippen LogP) is 2.95. The summed E-state index contributed by atoms with van der Waals surface area (Å²) < 4.78 is 5.56. The zero-order valence-corrected chi connectivity index (χ0v) is 19.3. The van der Waals surface area contributed by atoms with Gasteiger partial charge in [-0.15, -0.1) is 0 Å². The number of hydrogen-bond acceptors (Lipinski definition) is 4. The quantitative estimate of drug-likeness (QED) is 0.591. The number of carbonyl (C=O) groups excluding carboxylic acids is 2. The fourth-order valence-corrected chi connectivity index (χ4v) is 4.38. The molecule has 2 aliphatic heterocycles. The molecule has 0 aromatic heterocycles. The van der Waals surface area contributed by atoms with Gasteiger partial charge in [-0.2, -0.15) is 0 Å². The summed E-state index contributed by atoms with van der Waals surface area (Å²) in [5, 5.41) is 6.18. The molecule has 2 heterocycles. The summed E-state index contributed by atoms with van der Waals surface area (Å²) in [7, 11) is 0. The molecule has 31 heavy (non-hydrogen) atoms. The van der Waals surface area contributed by atoms with Gasteiger partial charge < -0.3 is 25.2 Å². The van der Waals surface area contributed by atoms with E-state index in [1.165, 1.54) is 5.56 Å². The first-order valence-electron chi connectivity index (χ1n) is 11.8. The molecule has 3 amide bonds. The van der Waals surface area contributed by atoms with Crippen molar-refractivity contribution in [3.63, 3.8) is 0 Å². The van der Waals surface area contributed by atoms with Gasteiger partial charge in [-0.05, 0) is 69.1 Å². The van der Waals surface area contributed by atoms with Crippen molar-refractivity contribution in [3.05, 3.63) is 29.3 Å². The maximum absolute atomic E-state index is 12.7. The van der Waals surface area contributed by atoms with Crippen LogP contribution in [0.4, 0.5) is 4.79 Å². The van der Waals surface area contributed by atoms with Crippen molar-refractivity contribution in [1.29, 1.82) is 0 Å². The Morgan fingerprint density at radius 3 is 2.68 bits per heavy atom. The van der Waals surface area contributed by atoms with E-state index in [9.17, 15) is 9.59 Å². The van der Waals surface area contributed by atoms with Crippen LogP contribution in [-0.4, -0.2) is 67.6 Å². The van der Waals surface area contributed by atoms with Crippen LogP contribution in [-0.2, 0) is 11.2 Å². The Labute approximate surface area is 186 Å². The van der Waals surface area contributed by atoms with Gasteiger partial charge in [-0.3, -0.25) is 4.79 Å². The van der Waals surface area contributed by atoms with E-state index in [-0.39, 0.29) is 23.9 Å². The van der Waals surface area contributed by atoms with Crippen LogP contribution in [0.1, 0.15) is 57.2 Å². The second-order valence-electron chi connectivity index (χ2n) is 8.57. The number of benzene rings is 1. The standard InChI is InChI=1S/C24H38N4O3/c1-4-27(5-2)13-6-12-25-23(29)19-9-14-28(15-10-19)24(30)26-18(3)20-7-8-22-21(17-20)11-16-31-22/h7-8,17-19H,4-6,9-16H2,1-3H3,(H,25,29)(H,26,30)/t18-/m1/s1. The topological polar surface area (TPSA) is 73.9 Å². The second kappa shape index (κ2) is 11.4. The third kappa shape index (κ3) is 6.35. The zero-order valence-electron chi connectivity index (χ0n) is 19.3. The Morgan fingerprint density at radius 1 is 1.23 bits per heavy atom. The van der Waals surface area contributed by atoms with E-state index in [1.54, 1.807) is 0 Å². The van der Waals surface area contributed by atoms with E-state index in [4.69, 9.17) is 4.74 Å². The highest BCUT2D eigenvalue weighted by atomic mass is 16.5. The lowest BCUT2D eigenvalue weighted by Gasteiger charge is -2.32. The molecule has 1 saturated heterocycles. The number of likely N-dealkylation sites (tertiary alicyclic amines) is 1. The van der Waals surface area contributed by atoms with Crippen molar-refractivity contribution >= 4 is 11.9 Å². The molecule has 172 valence electrons. The summed E-state index contributed by atoms with van der Waals surface area (Å²) in [6.45, 7) is 12.1. The van der Waals surface area contributed by atoms with Crippen molar-refractivity contribution in [2.75, 3.05) is 45.9 Å². The molecule has 0 aliphatic carbocycles. The van der Waals surface area contributed by atoms with Crippen LogP contribution in [0.15, 0.2) is 18.2 Å². The Balaban J connectivity index is 1.37. The molecule has 0 spiro atoms. The van der Waals surface area contributed by atoms with Crippen molar-refractivity contribution in [2.45, 2.75) is 52.5 Å². The van der Waals surface area contributed by atoms with Gasteiger partial charge in [-0.1, -0.05) is 19.9 Å². The summed E-state index contributed by atoms with van der Waals surface area (Å²) in [6.07, 6.45) is 3.34. The Hall–Kier alpha value is -2.28. The maximum atomic E-state index is 12.7. The molecule has 0 unspecified atom stereocenters. The fourth-order valence-electron chi connectivity index (χ4n) is 4.38. The molecule has 2 N–H and O–H groups in total. The highest BCUT2D eigenvalue weighted by Gasteiger charge is 2.28. The van der Waals surface area contributed by atoms with E-state index in [0.717, 1.165) is 69.8 Å². The zero-order chi connectivity index (χ0) is 22.2. The lowest BCUT2D eigenvalue weighted by Crippen LogP contribution is -2.47. The minimum Gasteiger partial charge on any atom is -0.493 e. The molecule has 1 fully saturated rings. The second-order valence-corrected chi connectivity index (χ2v) is 8.57. The summed E-state index contributed by atoms with van der Waals surface area (Å²) >= 11 is 0. The van der Waals surface area contributed by atoms with Crippen LogP contribution >= 0.6 is 0 Å². The molecular formula is C24H38N4O3. The Kier molecular flexibility index (Phi) is 8.58. The number of nitrogens with zero attached hydrogens (tertiary/aromatic N) is 2. The van der Waals surface area contributed by atoms with Crippen LogP contribution in [0.2, 0.25) is 0 Å². The number of hydrogen-bond donors (Lipinski definition) is 2. The van der Waals surface area contributed by atoms with Crippen LogP contribution < -0.4 is 15.4 Å². The lowest BCUT2D eigenvalue weighted by molar-refractivity contribution is -0.126. The summed E-state index contributed by atoms with van der Waals surface area (Å²) in [5.41, 5.74) is 2.30. The predicted molar refractivity (Wildman–Crippen MR) is 122 cm³/mol. The molecule has 7 nitrogen and oxygen atoms in total. The monoisotopic (exact) mass is 430 g/mol. The van der Waals surface area contributed by atoms with Crippen molar-refractivity contribution < 1.29 is 14.3 Å². The van der Waals surface area contributed by atoms with E-state index in [0.29, 0.717) is 13.1 Å². The number of nitrogens with one attached hydrogen (secondary N) is 2.